The molecule has 28 heavy (non-hydrogen) atoms. The van der Waals surface area contributed by atoms with E-state index < -0.39 is 0 Å². The van der Waals surface area contributed by atoms with Crippen LogP contribution in [-0.4, -0.2) is 47.7 Å². The van der Waals surface area contributed by atoms with Crippen LogP contribution in [0.25, 0.3) is 0 Å². The number of morpholine rings is 1. The topological polar surface area (TPSA) is 50.8 Å². The summed E-state index contributed by atoms with van der Waals surface area (Å²) in [5.41, 5.74) is 1.57. The smallest absolute Gasteiger partial charge is 0.262 e. The van der Waals surface area contributed by atoms with Gasteiger partial charge in [-0.1, -0.05) is 42.0 Å². The summed E-state index contributed by atoms with van der Waals surface area (Å²) in [6, 6.07) is 14.6. The van der Waals surface area contributed by atoms with Gasteiger partial charge in [0.1, 0.15) is 10.7 Å². The van der Waals surface area contributed by atoms with Crippen LogP contribution in [0.15, 0.2) is 48.5 Å². The Hall–Kier alpha value is -2.15. The average molecular weight is 419 g/mol. The van der Waals surface area contributed by atoms with Crippen molar-refractivity contribution in [2.24, 2.45) is 0 Å². The molecule has 148 valence electrons. The number of carbonyl (C=O) groups is 1. The number of carbonyl (C=O) groups excluding carboxylic acids is 1. The van der Waals surface area contributed by atoms with E-state index in [9.17, 15) is 4.79 Å². The Morgan fingerprint density at radius 2 is 1.89 bits per heavy atom. The van der Waals surface area contributed by atoms with Gasteiger partial charge in [-0.05, 0) is 44.2 Å². The quantitative estimate of drug-likeness (QED) is 0.739. The van der Waals surface area contributed by atoms with Gasteiger partial charge in [0.25, 0.3) is 5.91 Å². The highest BCUT2D eigenvalue weighted by Gasteiger charge is 2.24. The van der Waals surface area contributed by atoms with Crippen LogP contribution in [0.1, 0.15) is 19.4 Å². The van der Waals surface area contributed by atoms with Crippen LogP contribution >= 0.6 is 23.8 Å². The van der Waals surface area contributed by atoms with E-state index in [-0.39, 0.29) is 24.7 Å². The van der Waals surface area contributed by atoms with Crippen LogP contribution < -0.4 is 10.1 Å². The summed E-state index contributed by atoms with van der Waals surface area (Å²) in [6.45, 7) is 5.44. The highest BCUT2D eigenvalue weighted by molar-refractivity contribution is 7.80. The fourth-order valence-electron chi connectivity index (χ4n) is 3.14. The average Bonchev–Trinajstić information content (AvgIpc) is 2.66. The molecular formula is C21H23ClN2O3S. The molecular weight excluding hydrogens is 396 g/mol. The third-order valence-corrected chi connectivity index (χ3v) is 5.09. The molecule has 1 aliphatic rings. The molecule has 1 saturated heterocycles. The van der Waals surface area contributed by atoms with Crippen LogP contribution in [0.4, 0.5) is 5.69 Å². The molecule has 5 nitrogen and oxygen atoms in total. The van der Waals surface area contributed by atoms with Crippen molar-refractivity contribution in [1.82, 2.24) is 4.90 Å². The first-order valence-corrected chi connectivity index (χ1v) is 9.93. The minimum atomic E-state index is -0.252. The van der Waals surface area contributed by atoms with Gasteiger partial charge in [0, 0.05) is 24.3 Å². The number of amides is 1. The van der Waals surface area contributed by atoms with Crippen molar-refractivity contribution in [3.05, 3.63) is 59.1 Å². The van der Waals surface area contributed by atoms with Gasteiger partial charge in [-0.15, -0.1) is 0 Å². The number of rotatable bonds is 5. The van der Waals surface area contributed by atoms with Crippen molar-refractivity contribution < 1.29 is 14.3 Å². The van der Waals surface area contributed by atoms with E-state index in [1.807, 2.05) is 50.2 Å². The van der Waals surface area contributed by atoms with E-state index in [0.717, 1.165) is 29.3 Å². The molecule has 1 heterocycles. The van der Waals surface area contributed by atoms with E-state index in [0.29, 0.717) is 10.8 Å². The second-order valence-corrected chi connectivity index (χ2v) is 7.61. The second kappa shape index (κ2) is 9.37. The molecule has 1 aliphatic heterocycles. The summed E-state index contributed by atoms with van der Waals surface area (Å²) < 4.78 is 11.3. The summed E-state index contributed by atoms with van der Waals surface area (Å²) in [5, 5.41) is 3.18. The number of ether oxygens (including phenoxy) is 2. The zero-order chi connectivity index (χ0) is 20.1. The van der Waals surface area contributed by atoms with Gasteiger partial charge in [-0.3, -0.25) is 4.79 Å². The molecule has 1 amide bonds. The number of thiocarbonyl (C=S) groups is 1. The van der Waals surface area contributed by atoms with Gasteiger partial charge >= 0.3 is 0 Å². The lowest BCUT2D eigenvalue weighted by Crippen LogP contribution is -2.47. The van der Waals surface area contributed by atoms with E-state index in [2.05, 4.69) is 10.2 Å². The van der Waals surface area contributed by atoms with Crippen molar-refractivity contribution in [3.63, 3.8) is 0 Å². The van der Waals surface area contributed by atoms with Gasteiger partial charge in [0.15, 0.2) is 6.61 Å². The lowest BCUT2D eigenvalue weighted by molar-refractivity contribution is -0.118. The lowest BCUT2D eigenvalue weighted by Gasteiger charge is -2.37. The molecule has 7 heteroatoms. The van der Waals surface area contributed by atoms with Crippen molar-refractivity contribution in [2.45, 2.75) is 26.1 Å². The monoisotopic (exact) mass is 418 g/mol. The molecule has 0 radical (unpaired) electrons. The van der Waals surface area contributed by atoms with Crippen molar-refractivity contribution in [1.29, 1.82) is 0 Å². The molecule has 0 spiro atoms. The van der Waals surface area contributed by atoms with Crippen molar-refractivity contribution in [2.75, 3.05) is 25.0 Å². The predicted molar refractivity (Wildman–Crippen MR) is 115 cm³/mol. The summed E-state index contributed by atoms with van der Waals surface area (Å²) in [4.78, 5) is 14.9. The number of nitrogens with one attached hydrogen (secondary N) is 1. The second-order valence-electron chi connectivity index (χ2n) is 6.82. The maximum absolute atomic E-state index is 12.0. The molecule has 1 N–H and O–H groups in total. The van der Waals surface area contributed by atoms with E-state index in [1.165, 1.54) is 0 Å². The Morgan fingerprint density at radius 1 is 1.21 bits per heavy atom. The van der Waals surface area contributed by atoms with Gasteiger partial charge < -0.3 is 19.7 Å². The third kappa shape index (κ3) is 5.44. The SMILES string of the molecule is C[C@H]1CN(C(=S)c2ccc(OCC(=O)Nc3ccccc3)c(Cl)c2)C[C@H](C)O1. The number of halogens is 1. The largest absolute Gasteiger partial charge is 0.482 e. The maximum Gasteiger partial charge on any atom is 0.262 e. The standard InChI is InChI=1S/C21H23ClN2O3S/c1-14-11-24(12-15(2)27-14)21(28)16-8-9-19(18(22)10-16)26-13-20(25)23-17-6-4-3-5-7-17/h3-10,14-15H,11-13H2,1-2H3,(H,23,25)/t14-,15-/m0/s1. The fraction of sp³-hybridized carbons (Fsp3) is 0.333. The molecule has 2 aromatic carbocycles. The Morgan fingerprint density at radius 3 is 2.54 bits per heavy atom. The molecule has 0 bridgehead atoms. The van der Waals surface area contributed by atoms with Gasteiger partial charge in [-0.2, -0.15) is 0 Å². The lowest BCUT2D eigenvalue weighted by atomic mass is 10.1. The van der Waals surface area contributed by atoms with Crippen molar-refractivity contribution >= 4 is 40.4 Å². The van der Waals surface area contributed by atoms with E-state index in [4.69, 9.17) is 33.3 Å². The molecule has 1 fully saturated rings. The molecule has 0 unspecified atom stereocenters. The number of nitrogens with zero attached hydrogens (tertiary/aromatic N) is 1. The Bertz CT molecular complexity index is 837. The molecule has 3 rings (SSSR count). The number of para-hydroxylation sites is 1. The van der Waals surface area contributed by atoms with Crippen molar-refractivity contribution in [3.8, 4) is 5.75 Å². The molecule has 2 atom stereocenters. The van der Waals surface area contributed by atoms with Crippen LogP contribution in [0.5, 0.6) is 5.75 Å². The Balaban J connectivity index is 1.59. The fourth-order valence-corrected chi connectivity index (χ4v) is 3.65. The zero-order valence-electron chi connectivity index (χ0n) is 15.9. The minimum Gasteiger partial charge on any atom is -0.482 e. The normalized spacial score (nSPS) is 19.2. The summed E-state index contributed by atoms with van der Waals surface area (Å²) >= 11 is 12.0. The molecule has 0 aliphatic carbocycles. The van der Waals surface area contributed by atoms with E-state index >= 15 is 0 Å². The van der Waals surface area contributed by atoms with Crippen LogP contribution in [-0.2, 0) is 9.53 Å². The first-order chi connectivity index (χ1) is 13.4. The predicted octanol–water partition coefficient (Wildman–Crippen LogP) is 4.14. The number of anilines is 1. The van der Waals surface area contributed by atoms with Crippen LogP contribution in [0.2, 0.25) is 5.02 Å². The molecule has 2 aromatic rings. The van der Waals surface area contributed by atoms with Crippen LogP contribution in [0.3, 0.4) is 0 Å². The van der Waals surface area contributed by atoms with Gasteiger partial charge in [-0.25, -0.2) is 0 Å². The number of benzene rings is 2. The first kappa shape index (κ1) is 20.6. The number of hydrogen-bond acceptors (Lipinski definition) is 4. The number of hydrogen-bond donors (Lipinski definition) is 1. The zero-order valence-corrected chi connectivity index (χ0v) is 17.4. The molecule has 0 aromatic heterocycles. The highest BCUT2D eigenvalue weighted by Crippen LogP contribution is 2.27. The summed E-state index contributed by atoms with van der Waals surface area (Å²) in [5.74, 6) is 0.193. The van der Waals surface area contributed by atoms with Crippen LogP contribution in [0, 0.1) is 0 Å². The summed E-state index contributed by atoms with van der Waals surface area (Å²) in [6.07, 6.45) is 0.255. The third-order valence-electron chi connectivity index (χ3n) is 4.30. The summed E-state index contributed by atoms with van der Waals surface area (Å²) in [7, 11) is 0. The molecule has 0 saturated carbocycles. The Kier molecular flexibility index (Phi) is 6.88. The van der Waals surface area contributed by atoms with Gasteiger partial charge in [0.05, 0.1) is 17.2 Å². The first-order valence-electron chi connectivity index (χ1n) is 9.14. The van der Waals surface area contributed by atoms with Gasteiger partial charge in [0.2, 0.25) is 0 Å². The highest BCUT2D eigenvalue weighted by atomic mass is 35.5. The minimum absolute atomic E-state index is 0.128. The van der Waals surface area contributed by atoms with E-state index in [1.54, 1.807) is 12.1 Å². The maximum atomic E-state index is 12.0. The Labute approximate surface area is 175 Å².